The lowest BCUT2D eigenvalue weighted by molar-refractivity contribution is 1.01. The highest BCUT2D eigenvalue weighted by molar-refractivity contribution is 5.92. The minimum Gasteiger partial charge on any atom is -0.0836 e. The quantitative estimate of drug-likeness (QED) is 0.577. The Morgan fingerprint density at radius 3 is 2.65 bits per heavy atom. The maximum atomic E-state index is 2.38. The Kier molecular flexibility index (Phi) is 1.88. The summed E-state index contributed by atoms with van der Waals surface area (Å²) in [5.74, 6) is 0. The second-order valence-electron chi connectivity index (χ2n) is 5.78. The summed E-state index contributed by atoms with van der Waals surface area (Å²) in [7, 11) is 0. The normalized spacial score (nSPS) is 17.0. The molecule has 3 aliphatic rings. The Labute approximate surface area is 118 Å². The fourth-order valence-corrected chi connectivity index (χ4v) is 3.66. The summed E-state index contributed by atoms with van der Waals surface area (Å²) >= 11 is 0. The molecule has 2 aromatic carbocycles. The van der Waals surface area contributed by atoms with Crippen molar-refractivity contribution in [1.29, 1.82) is 0 Å². The third kappa shape index (κ3) is 1.26. The smallest absolute Gasteiger partial charge is 0.00988 e. The number of rotatable bonds is 0. The van der Waals surface area contributed by atoms with Gasteiger partial charge >= 0.3 is 0 Å². The van der Waals surface area contributed by atoms with Crippen LogP contribution in [0.4, 0.5) is 0 Å². The van der Waals surface area contributed by atoms with E-state index < -0.39 is 0 Å². The Balaban J connectivity index is 1.82. The van der Waals surface area contributed by atoms with Gasteiger partial charge in [-0.1, -0.05) is 42.5 Å². The van der Waals surface area contributed by atoms with Crippen molar-refractivity contribution in [2.24, 2.45) is 0 Å². The molecule has 0 bridgehead atoms. The first-order valence-corrected chi connectivity index (χ1v) is 7.27. The average Bonchev–Trinajstić information content (AvgIpc) is 3.02. The lowest BCUT2D eigenvalue weighted by atomic mass is 9.96. The van der Waals surface area contributed by atoms with Crippen LogP contribution in [0.3, 0.4) is 0 Å². The highest BCUT2D eigenvalue weighted by Gasteiger charge is 2.19. The zero-order valence-electron chi connectivity index (χ0n) is 11.2. The van der Waals surface area contributed by atoms with Crippen LogP contribution < -0.4 is 10.4 Å². The molecule has 0 spiro atoms. The first-order valence-electron chi connectivity index (χ1n) is 7.27. The predicted octanol–water partition coefficient (Wildman–Crippen LogP) is 3.39. The van der Waals surface area contributed by atoms with E-state index in [0.29, 0.717) is 0 Å². The molecular weight excluding hydrogens is 240 g/mol. The van der Waals surface area contributed by atoms with Gasteiger partial charge in [0.25, 0.3) is 0 Å². The molecule has 0 nitrogen and oxygen atoms in total. The van der Waals surface area contributed by atoms with Crippen LogP contribution in [-0.2, 0) is 0 Å². The highest BCUT2D eigenvalue weighted by atomic mass is 14.2. The van der Waals surface area contributed by atoms with E-state index >= 15 is 0 Å². The van der Waals surface area contributed by atoms with E-state index in [1.807, 2.05) is 0 Å². The Bertz CT molecular complexity index is 936. The van der Waals surface area contributed by atoms with Crippen molar-refractivity contribution in [2.75, 3.05) is 0 Å². The largest absolute Gasteiger partial charge is 0.0836 e. The van der Waals surface area contributed by atoms with Gasteiger partial charge in [0, 0.05) is 0 Å². The van der Waals surface area contributed by atoms with Gasteiger partial charge in [-0.05, 0) is 74.9 Å². The number of hydrogen-bond donors (Lipinski definition) is 0. The molecule has 0 saturated heterocycles. The van der Waals surface area contributed by atoms with E-state index in [0.717, 1.165) is 0 Å². The lowest BCUT2D eigenvalue weighted by Gasteiger charge is -2.08. The summed E-state index contributed by atoms with van der Waals surface area (Å²) in [6, 6.07) is 13.4. The summed E-state index contributed by atoms with van der Waals surface area (Å²) in [6.07, 6.45) is 11.7. The third-order valence-electron chi connectivity index (χ3n) is 4.61. The van der Waals surface area contributed by atoms with Crippen LogP contribution in [0.2, 0.25) is 0 Å². The number of hydrogen-bond acceptors (Lipinski definition) is 0. The van der Waals surface area contributed by atoms with E-state index in [9.17, 15) is 0 Å². The van der Waals surface area contributed by atoms with E-state index in [4.69, 9.17) is 0 Å². The van der Waals surface area contributed by atoms with Gasteiger partial charge in [0.05, 0.1) is 0 Å². The molecule has 20 heavy (non-hydrogen) atoms. The van der Waals surface area contributed by atoms with Crippen molar-refractivity contribution < 1.29 is 0 Å². The Hall–Kier alpha value is -2.34. The van der Waals surface area contributed by atoms with Crippen LogP contribution in [0.5, 0.6) is 0 Å². The molecule has 0 aromatic heterocycles. The van der Waals surface area contributed by atoms with E-state index in [1.54, 1.807) is 0 Å². The summed E-state index contributed by atoms with van der Waals surface area (Å²) in [6.45, 7) is 0. The topological polar surface area (TPSA) is 0 Å². The fraction of sp³-hybridized carbons (Fsp3) is 0.100. The minimum absolute atomic E-state index is 1.18. The molecule has 0 radical (unpaired) electrons. The maximum Gasteiger partial charge on any atom is -0.00988 e. The number of fused-ring (bicyclic) bond motifs is 5. The molecule has 0 amide bonds. The second kappa shape index (κ2) is 3.61. The van der Waals surface area contributed by atoms with Crippen molar-refractivity contribution in [3.63, 3.8) is 0 Å². The second-order valence-corrected chi connectivity index (χ2v) is 5.78. The summed E-state index contributed by atoms with van der Waals surface area (Å²) in [5, 5.41) is 2.76. The average molecular weight is 254 g/mol. The highest BCUT2D eigenvalue weighted by Crippen LogP contribution is 2.32. The Morgan fingerprint density at radius 2 is 1.65 bits per heavy atom. The van der Waals surface area contributed by atoms with Crippen LogP contribution in [0.15, 0.2) is 54.1 Å². The van der Waals surface area contributed by atoms with Gasteiger partial charge in [0.15, 0.2) is 0 Å². The van der Waals surface area contributed by atoms with Gasteiger partial charge in [-0.3, -0.25) is 0 Å². The SMILES string of the molecule is C1=CC2=C(C=c3cc4c(cc32)=Cc2ccccc2-4)CC1. The predicted molar refractivity (Wildman–Crippen MR) is 84.5 cm³/mol. The zero-order chi connectivity index (χ0) is 13.1. The molecule has 5 rings (SSSR count). The van der Waals surface area contributed by atoms with Crippen molar-refractivity contribution in [1.82, 2.24) is 0 Å². The third-order valence-corrected chi connectivity index (χ3v) is 4.61. The first kappa shape index (κ1) is 10.4. The molecule has 0 fully saturated rings. The summed E-state index contributed by atoms with van der Waals surface area (Å²) < 4.78 is 0. The summed E-state index contributed by atoms with van der Waals surface area (Å²) in [4.78, 5) is 0. The maximum absolute atomic E-state index is 2.38. The van der Waals surface area contributed by atoms with Gasteiger partial charge in [-0.2, -0.15) is 0 Å². The molecule has 0 atom stereocenters. The molecule has 0 N–H and O–H groups in total. The first-order chi connectivity index (χ1) is 9.90. The minimum atomic E-state index is 1.18. The molecule has 94 valence electrons. The van der Waals surface area contributed by atoms with Crippen LogP contribution in [-0.4, -0.2) is 0 Å². The molecule has 0 heterocycles. The number of benzene rings is 2. The molecule has 0 heteroatoms. The molecule has 2 aromatic rings. The lowest BCUT2D eigenvalue weighted by Crippen LogP contribution is -2.12. The van der Waals surface area contributed by atoms with Gasteiger partial charge in [0.2, 0.25) is 0 Å². The van der Waals surface area contributed by atoms with E-state index in [-0.39, 0.29) is 0 Å². The standard InChI is InChI=1S/C20H14/c1-3-7-17-13(5-1)9-15-11-20-16(12-19(15)17)10-14-6-2-4-8-18(14)20/h1,3-5,7-12H,2,6H2. The van der Waals surface area contributed by atoms with Crippen molar-refractivity contribution in [2.45, 2.75) is 12.8 Å². The van der Waals surface area contributed by atoms with Crippen molar-refractivity contribution in [3.05, 3.63) is 75.7 Å². The Morgan fingerprint density at radius 1 is 0.800 bits per heavy atom. The van der Waals surface area contributed by atoms with Crippen molar-refractivity contribution in [3.8, 4) is 11.1 Å². The van der Waals surface area contributed by atoms with Crippen LogP contribution >= 0.6 is 0 Å². The van der Waals surface area contributed by atoms with Gasteiger partial charge in [-0.25, -0.2) is 0 Å². The van der Waals surface area contributed by atoms with Gasteiger partial charge in [-0.15, -0.1) is 0 Å². The van der Waals surface area contributed by atoms with E-state index in [1.165, 1.54) is 56.7 Å². The summed E-state index contributed by atoms with van der Waals surface area (Å²) in [5.41, 5.74) is 8.48. The molecular formula is C20H14. The molecule has 0 unspecified atom stereocenters. The van der Waals surface area contributed by atoms with Crippen molar-refractivity contribution >= 4 is 17.7 Å². The van der Waals surface area contributed by atoms with Gasteiger partial charge in [0.1, 0.15) is 0 Å². The van der Waals surface area contributed by atoms with Crippen LogP contribution in [0, 0.1) is 0 Å². The molecule has 0 saturated carbocycles. The van der Waals surface area contributed by atoms with Crippen LogP contribution in [0.25, 0.3) is 28.9 Å². The van der Waals surface area contributed by atoms with E-state index in [2.05, 4.69) is 60.7 Å². The number of allylic oxidation sites excluding steroid dienone is 4. The zero-order valence-corrected chi connectivity index (χ0v) is 11.2. The molecule has 3 aliphatic carbocycles. The monoisotopic (exact) mass is 254 g/mol. The van der Waals surface area contributed by atoms with Gasteiger partial charge < -0.3 is 0 Å². The van der Waals surface area contributed by atoms with Crippen LogP contribution in [0.1, 0.15) is 24.0 Å². The molecule has 0 aliphatic heterocycles. The fourth-order valence-electron chi connectivity index (χ4n) is 3.66.